The number of alkyl halides is 6. The number of esters is 1. The Hall–Kier alpha value is -7.76. The Morgan fingerprint density at radius 2 is 1.31 bits per heavy atom. The number of hydrogen-bond acceptors (Lipinski definition) is 13. The van der Waals surface area contributed by atoms with Gasteiger partial charge in [0.2, 0.25) is 0 Å². The molecule has 29 heteroatoms. The number of methoxy groups -OCH3 is 2. The van der Waals surface area contributed by atoms with Gasteiger partial charge in [0, 0.05) is 77.3 Å². The number of carboxylic acid groups (broad SMARTS) is 2. The summed E-state index contributed by atoms with van der Waals surface area (Å²) in [4.78, 5) is 57.5. The molecule has 3 aliphatic heterocycles. The van der Waals surface area contributed by atoms with Crippen molar-refractivity contribution in [3.63, 3.8) is 0 Å². The number of pyridine rings is 2. The molecule has 16 nitrogen and oxygen atoms in total. The highest BCUT2D eigenvalue weighted by Gasteiger charge is 2.45. The third-order valence-electron chi connectivity index (χ3n) is 13.5. The minimum absolute atomic E-state index is 0. The summed E-state index contributed by atoms with van der Waals surface area (Å²) in [6.45, 7) is 7.83. The molecule has 496 valence electrons. The molecule has 0 unspecified atom stereocenters. The highest BCUT2D eigenvalue weighted by atomic mass is 79.9. The zero-order chi connectivity index (χ0) is 63.4. The van der Waals surface area contributed by atoms with Gasteiger partial charge >= 0.3 is 30.3 Å². The molecule has 9 rings (SSSR count). The molecule has 90 heavy (non-hydrogen) atoms. The fourth-order valence-electron chi connectivity index (χ4n) is 9.44. The lowest BCUT2D eigenvalue weighted by atomic mass is 9.95. The van der Waals surface area contributed by atoms with E-state index >= 15 is 8.78 Å². The van der Waals surface area contributed by atoms with Crippen molar-refractivity contribution in [1.29, 1.82) is 0 Å². The van der Waals surface area contributed by atoms with Crippen LogP contribution in [0.25, 0.3) is 22.2 Å². The summed E-state index contributed by atoms with van der Waals surface area (Å²) in [6.07, 6.45) is -6.52. The number of aromatic nitrogens is 2. The molecule has 6 aromatic rings. The quantitative estimate of drug-likeness (QED) is 0.0704. The molecule has 5 heterocycles. The van der Waals surface area contributed by atoms with Gasteiger partial charge in [-0.1, -0.05) is 63.8 Å². The maximum atomic E-state index is 15.1. The van der Waals surface area contributed by atoms with Gasteiger partial charge in [-0.05, 0) is 87.2 Å². The van der Waals surface area contributed by atoms with Gasteiger partial charge in [-0.3, -0.25) is 14.8 Å². The molecule has 0 spiro atoms. The summed E-state index contributed by atoms with van der Waals surface area (Å²) in [5.74, 6) is -13.1. The van der Waals surface area contributed by atoms with Crippen LogP contribution in [0, 0.1) is 34.9 Å². The number of amides is 1. The predicted octanol–water partition coefficient (Wildman–Crippen LogP) is 13.9. The summed E-state index contributed by atoms with van der Waals surface area (Å²) in [5, 5.41) is 24.3. The maximum absolute atomic E-state index is 15.1. The van der Waals surface area contributed by atoms with E-state index in [2.05, 4.69) is 48.2 Å². The van der Waals surface area contributed by atoms with Crippen molar-refractivity contribution in [1.82, 2.24) is 20.6 Å². The number of rotatable bonds is 11. The van der Waals surface area contributed by atoms with Crippen molar-refractivity contribution in [2.45, 2.75) is 106 Å². The van der Waals surface area contributed by atoms with E-state index in [0.717, 1.165) is 75.4 Å². The lowest BCUT2D eigenvalue weighted by molar-refractivity contribution is -0.152. The molecule has 3 fully saturated rings. The third kappa shape index (κ3) is 19.6. The van der Waals surface area contributed by atoms with Crippen LogP contribution in [0.4, 0.5) is 64.1 Å². The van der Waals surface area contributed by atoms with Gasteiger partial charge in [0.25, 0.3) is 5.91 Å². The van der Waals surface area contributed by atoms with E-state index in [1.807, 2.05) is 6.92 Å². The minimum atomic E-state index is -4.82. The fourth-order valence-corrected chi connectivity index (χ4v) is 9.85. The number of nitrogens with one attached hydrogen (secondary N) is 2. The second kappa shape index (κ2) is 34.4. The Kier molecular flexibility index (Phi) is 30.0. The van der Waals surface area contributed by atoms with Gasteiger partial charge in [-0.15, -0.1) is 0 Å². The normalized spacial score (nSPS) is 16.6. The Morgan fingerprint density at radius 1 is 0.733 bits per heavy atom. The van der Waals surface area contributed by atoms with Crippen LogP contribution in [-0.4, -0.2) is 135 Å². The van der Waals surface area contributed by atoms with Gasteiger partial charge in [0.05, 0.1) is 51.9 Å². The van der Waals surface area contributed by atoms with Crippen LogP contribution in [0.15, 0.2) is 83.6 Å². The molecule has 1 amide bonds. The van der Waals surface area contributed by atoms with Crippen molar-refractivity contribution in [3.8, 4) is 17.0 Å². The number of ether oxygens (including phenoxy) is 4. The third-order valence-corrected chi connectivity index (χ3v) is 13.9. The molecule has 4 N–H and O–H groups in total. The summed E-state index contributed by atoms with van der Waals surface area (Å²) in [6, 6.07) is 9.02. The molecule has 0 saturated carbocycles. The van der Waals surface area contributed by atoms with E-state index in [-0.39, 0.29) is 87.4 Å². The van der Waals surface area contributed by atoms with Crippen LogP contribution in [-0.2, 0) is 31.6 Å². The first-order valence-electron chi connectivity index (χ1n) is 26.0. The number of anilines is 2. The molecule has 0 radical (unpaired) electrons. The number of carbonyl (C=O) groups excluding carboxylic acids is 2. The van der Waals surface area contributed by atoms with Gasteiger partial charge in [0.15, 0.2) is 0 Å². The second-order valence-electron chi connectivity index (χ2n) is 19.4. The van der Waals surface area contributed by atoms with Crippen LogP contribution in [0.2, 0.25) is 0 Å². The highest BCUT2D eigenvalue weighted by molar-refractivity contribution is 9.10. The van der Waals surface area contributed by atoms with Crippen LogP contribution in [0.3, 0.4) is 0 Å². The molecular weight excluding hydrogens is 1280 g/mol. The summed E-state index contributed by atoms with van der Waals surface area (Å²) in [7, 11) is 2.16. The summed E-state index contributed by atoms with van der Waals surface area (Å²) in [5.41, 5.74) is -4.04. The SMILES string of the molecule is C.C.C.C.COC(=O)c1c(F)cc(Br)cc1F.COc1ccnc(-c2ccc(C[C@H](NC(=O)c3c(F)cc(N4CCOC[C@@H]4C)cc3F)C(=O)O)c3cccnc23)c1C(F)(F)F.C[C@H]1COCCN1.O=C(O)c1c(F)cc(N2CCCC[C@@H]2C(F)(F)F)cc1F. The number of aromatic carboxylic acids is 1. The number of carboxylic acids is 2. The molecule has 4 atom stereocenters. The largest absolute Gasteiger partial charge is 0.496 e. The number of piperidine rings is 1. The predicted molar refractivity (Wildman–Crippen MR) is 318 cm³/mol. The van der Waals surface area contributed by atoms with Gasteiger partial charge in [-0.2, -0.15) is 26.3 Å². The Balaban J connectivity index is 0.000000504. The topological polar surface area (TPSA) is 202 Å². The number of nitrogens with zero attached hydrogens (tertiary/aromatic N) is 4. The second-order valence-corrected chi connectivity index (χ2v) is 20.3. The van der Waals surface area contributed by atoms with E-state index < -0.39 is 117 Å². The number of fused-ring (bicyclic) bond motifs is 1. The Bertz CT molecular complexity index is 3340. The van der Waals surface area contributed by atoms with Crippen molar-refractivity contribution in [2.75, 3.05) is 70.1 Å². The number of benzene rings is 4. The molecule has 0 bridgehead atoms. The Labute approximate surface area is 521 Å². The molecule has 0 aliphatic carbocycles. The molecular formula is C61H71BrF12N6O10. The van der Waals surface area contributed by atoms with Crippen molar-refractivity contribution >= 4 is 62.0 Å². The van der Waals surface area contributed by atoms with Crippen molar-refractivity contribution < 1.29 is 101 Å². The fraction of sp³-hybridized carbons (Fsp3) is 0.410. The molecule has 3 saturated heterocycles. The van der Waals surface area contributed by atoms with E-state index in [1.54, 1.807) is 4.90 Å². The van der Waals surface area contributed by atoms with Gasteiger partial charge in [-0.25, -0.2) is 40.7 Å². The van der Waals surface area contributed by atoms with Crippen molar-refractivity contribution in [3.05, 3.63) is 146 Å². The van der Waals surface area contributed by atoms with E-state index in [1.165, 1.54) is 30.5 Å². The maximum Gasteiger partial charge on any atom is 0.422 e. The van der Waals surface area contributed by atoms with E-state index in [0.29, 0.717) is 56.3 Å². The number of morpholine rings is 2. The minimum Gasteiger partial charge on any atom is -0.496 e. The van der Waals surface area contributed by atoms with E-state index in [4.69, 9.17) is 19.3 Å². The van der Waals surface area contributed by atoms with Gasteiger partial charge in [0.1, 0.15) is 75.0 Å². The average molecular weight is 1360 g/mol. The van der Waals surface area contributed by atoms with Crippen LogP contribution in [0.5, 0.6) is 5.75 Å². The standard InChI is InChI=1S/C31H27F5N4O5.C13H12F5NO2.C8H5BrF2O2.C5H11NO.4CH4/c1-16-15-45-11-10-40(16)18-13-21(32)25(22(33)14-18)29(41)39-23(30(42)43)12-17-5-6-20(27-19(17)4-3-8-37-27)28-26(31(34,35)36)24(44-2)7-9-38-28;14-8-5-7(6-9(15)11(8)12(20)21)19-4-2-1-3-10(19)13(16,17)18;1-13-8(12)7-5(10)2-4(9)3-6(7)11;1-5-4-7-3-2-6-5;;;;/h3-9,13-14,16,23H,10-12,15H2,1-2H3,(H,39,41)(H,42,43);5-6,10H,1-4H2,(H,20,21);2-3H,1H3;5-6H,2-4H2,1H3;4*1H4/t16-,23-;10-;;5-;;;;/m01.0..../s1. The number of aliphatic carboxylic acids is 1. The summed E-state index contributed by atoms with van der Waals surface area (Å²) < 4.78 is 184. The first-order valence-corrected chi connectivity index (χ1v) is 26.8. The molecule has 4 aromatic carbocycles. The monoisotopic (exact) mass is 1350 g/mol. The first-order chi connectivity index (χ1) is 40.6. The van der Waals surface area contributed by atoms with Gasteiger partial charge < -0.3 is 49.6 Å². The first kappa shape index (κ1) is 78.3. The van der Waals surface area contributed by atoms with Crippen LogP contribution < -0.4 is 25.2 Å². The zero-order valence-electron chi connectivity index (χ0n) is 46.0. The zero-order valence-corrected chi connectivity index (χ0v) is 47.5. The van der Waals surface area contributed by atoms with Crippen LogP contribution in [0.1, 0.15) is 105 Å². The number of hydrogen-bond donors (Lipinski definition) is 4. The smallest absolute Gasteiger partial charge is 0.422 e. The Morgan fingerprint density at radius 3 is 1.81 bits per heavy atom. The highest BCUT2D eigenvalue weighted by Crippen LogP contribution is 2.44. The lowest BCUT2D eigenvalue weighted by Crippen LogP contribution is -2.48. The van der Waals surface area contributed by atoms with Crippen molar-refractivity contribution in [2.24, 2.45) is 0 Å². The number of carbonyl (C=O) groups is 4. The van der Waals surface area contributed by atoms with Crippen LogP contribution >= 0.6 is 15.9 Å². The van der Waals surface area contributed by atoms with E-state index in [9.17, 15) is 68.2 Å². The lowest BCUT2D eigenvalue weighted by Gasteiger charge is -2.38. The molecule has 2 aromatic heterocycles. The molecule has 3 aliphatic rings. The summed E-state index contributed by atoms with van der Waals surface area (Å²) >= 11 is 2.89. The number of halogens is 13. The average Bonchev–Trinajstić information content (AvgIpc) is 1.05.